The Bertz CT molecular complexity index is 1270. The number of nitrogens with zero attached hydrogens (tertiary/aromatic N) is 4. The minimum absolute atomic E-state index is 0.428. The zero-order chi connectivity index (χ0) is 22.6. The minimum atomic E-state index is -0.481. The second-order valence-corrected chi connectivity index (χ2v) is 7.90. The SMILES string of the molecule is NC(=O)c1cc(-c2cc(NCCc3cccnc3)nc(N3CCOCC3)n2)c2cc[nH]c2c1. The third-order valence-electron chi connectivity index (χ3n) is 5.68. The number of carbonyl (C=O) groups is 1. The second kappa shape index (κ2) is 9.25. The number of hydrogen-bond acceptors (Lipinski definition) is 7. The highest BCUT2D eigenvalue weighted by Crippen LogP contribution is 2.31. The number of primary amides is 1. The van der Waals surface area contributed by atoms with Gasteiger partial charge in [0.1, 0.15) is 5.82 Å². The van der Waals surface area contributed by atoms with Crippen LogP contribution in [0.5, 0.6) is 0 Å². The van der Waals surface area contributed by atoms with Gasteiger partial charge in [-0.15, -0.1) is 0 Å². The maximum absolute atomic E-state index is 11.9. The molecule has 0 aliphatic carbocycles. The molecule has 4 aromatic rings. The molecule has 0 saturated carbocycles. The van der Waals surface area contributed by atoms with Crippen molar-refractivity contribution in [1.29, 1.82) is 0 Å². The molecule has 33 heavy (non-hydrogen) atoms. The number of amides is 1. The summed E-state index contributed by atoms with van der Waals surface area (Å²) in [5, 5.41) is 4.39. The molecular weight excluding hydrogens is 418 g/mol. The monoisotopic (exact) mass is 443 g/mol. The van der Waals surface area contributed by atoms with Gasteiger partial charge in [-0.2, -0.15) is 4.98 Å². The van der Waals surface area contributed by atoms with Gasteiger partial charge in [0.2, 0.25) is 11.9 Å². The molecule has 1 aliphatic heterocycles. The van der Waals surface area contributed by atoms with E-state index < -0.39 is 5.91 Å². The first-order chi connectivity index (χ1) is 16.2. The van der Waals surface area contributed by atoms with E-state index in [1.54, 1.807) is 18.3 Å². The van der Waals surface area contributed by atoms with Crippen LogP contribution in [0.15, 0.2) is 55.0 Å². The van der Waals surface area contributed by atoms with Gasteiger partial charge in [-0.05, 0) is 36.2 Å². The molecule has 4 heterocycles. The van der Waals surface area contributed by atoms with Gasteiger partial charge in [-0.3, -0.25) is 9.78 Å². The average Bonchev–Trinajstić information content (AvgIpc) is 3.33. The molecule has 3 aromatic heterocycles. The Balaban J connectivity index is 1.52. The normalized spacial score (nSPS) is 13.9. The highest BCUT2D eigenvalue weighted by Gasteiger charge is 2.18. The molecule has 1 fully saturated rings. The van der Waals surface area contributed by atoms with Gasteiger partial charge in [0.25, 0.3) is 0 Å². The van der Waals surface area contributed by atoms with Gasteiger partial charge in [-0.25, -0.2) is 4.98 Å². The molecule has 5 rings (SSSR count). The van der Waals surface area contributed by atoms with Crippen LogP contribution in [-0.2, 0) is 11.2 Å². The van der Waals surface area contributed by atoms with E-state index in [0.717, 1.165) is 53.1 Å². The van der Waals surface area contributed by atoms with E-state index in [9.17, 15) is 4.79 Å². The van der Waals surface area contributed by atoms with E-state index in [4.69, 9.17) is 20.4 Å². The number of aromatic nitrogens is 4. The number of nitrogens with two attached hydrogens (primary N) is 1. The smallest absolute Gasteiger partial charge is 0.248 e. The number of rotatable bonds is 7. The number of pyridine rings is 1. The van der Waals surface area contributed by atoms with Crippen molar-refractivity contribution in [2.75, 3.05) is 43.1 Å². The molecule has 9 nitrogen and oxygen atoms in total. The summed E-state index contributed by atoms with van der Waals surface area (Å²) in [6.07, 6.45) is 6.30. The van der Waals surface area contributed by atoms with Crippen LogP contribution in [0.25, 0.3) is 22.2 Å². The molecule has 168 valence electrons. The van der Waals surface area contributed by atoms with E-state index in [0.29, 0.717) is 31.3 Å². The van der Waals surface area contributed by atoms with Gasteiger partial charge in [0.15, 0.2) is 0 Å². The lowest BCUT2D eigenvalue weighted by Gasteiger charge is -2.27. The van der Waals surface area contributed by atoms with Crippen molar-refractivity contribution < 1.29 is 9.53 Å². The Hall–Kier alpha value is -3.98. The van der Waals surface area contributed by atoms with Crippen LogP contribution in [0.4, 0.5) is 11.8 Å². The van der Waals surface area contributed by atoms with Gasteiger partial charge >= 0.3 is 0 Å². The number of fused-ring (bicyclic) bond motifs is 1. The van der Waals surface area contributed by atoms with Gasteiger partial charge in [0.05, 0.1) is 18.9 Å². The number of morpholine rings is 1. The Labute approximate surface area is 191 Å². The number of H-pyrrole nitrogens is 1. The van der Waals surface area contributed by atoms with Crippen LogP contribution in [0.2, 0.25) is 0 Å². The quantitative estimate of drug-likeness (QED) is 0.401. The summed E-state index contributed by atoms with van der Waals surface area (Å²) >= 11 is 0. The standard InChI is InChI=1S/C24H25N7O2/c25-23(32)17-12-19(18-4-7-27-20(18)13-17)21-14-22(28-6-3-16-2-1-5-26-15-16)30-24(29-21)31-8-10-33-11-9-31/h1-2,4-5,7,12-15,27H,3,6,8-11H2,(H2,25,32)(H,28,29,30). The molecular formula is C24H25N7O2. The predicted octanol–water partition coefficient (Wildman–Crippen LogP) is 2.61. The fourth-order valence-corrected chi connectivity index (χ4v) is 3.97. The van der Waals surface area contributed by atoms with Crippen LogP contribution < -0.4 is 16.0 Å². The largest absolute Gasteiger partial charge is 0.378 e. The van der Waals surface area contributed by atoms with Crippen molar-refractivity contribution in [2.45, 2.75) is 6.42 Å². The van der Waals surface area contributed by atoms with Crippen molar-refractivity contribution in [3.8, 4) is 11.3 Å². The zero-order valence-corrected chi connectivity index (χ0v) is 18.1. The molecule has 1 aliphatic rings. The maximum atomic E-state index is 11.9. The number of aromatic amines is 1. The molecule has 0 radical (unpaired) electrons. The first-order valence-electron chi connectivity index (χ1n) is 10.9. The average molecular weight is 444 g/mol. The Kier molecular flexibility index (Phi) is 5.86. The van der Waals surface area contributed by atoms with Crippen molar-refractivity contribution in [2.24, 2.45) is 5.73 Å². The Morgan fingerprint density at radius 3 is 2.85 bits per heavy atom. The summed E-state index contributed by atoms with van der Waals surface area (Å²) in [4.78, 5) is 31.0. The summed E-state index contributed by atoms with van der Waals surface area (Å²) in [5.74, 6) is 0.872. The minimum Gasteiger partial charge on any atom is -0.378 e. The highest BCUT2D eigenvalue weighted by atomic mass is 16.5. The summed E-state index contributed by atoms with van der Waals surface area (Å²) in [7, 11) is 0. The number of ether oxygens (including phenoxy) is 1. The number of nitrogens with one attached hydrogen (secondary N) is 2. The van der Waals surface area contributed by atoms with Crippen molar-refractivity contribution in [1.82, 2.24) is 19.9 Å². The van der Waals surface area contributed by atoms with E-state index in [-0.39, 0.29) is 0 Å². The van der Waals surface area contributed by atoms with Gasteiger partial charge in [-0.1, -0.05) is 6.07 Å². The van der Waals surface area contributed by atoms with E-state index in [1.807, 2.05) is 30.6 Å². The van der Waals surface area contributed by atoms with E-state index in [2.05, 4.69) is 26.3 Å². The Morgan fingerprint density at radius 2 is 2.06 bits per heavy atom. The number of hydrogen-bond donors (Lipinski definition) is 3. The van der Waals surface area contributed by atoms with Crippen molar-refractivity contribution >= 4 is 28.6 Å². The van der Waals surface area contributed by atoms with Crippen molar-refractivity contribution in [3.63, 3.8) is 0 Å². The first kappa shape index (κ1) is 20.9. The summed E-state index contributed by atoms with van der Waals surface area (Å²) in [5.41, 5.74) is 9.56. The van der Waals surface area contributed by atoms with Crippen LogP contribution in [0, 0.1) is 0 Å². The van der Waals surface area contributed by atoms with Crippen LogP contribution >= 0.6 is 0 Å². The first-order valence-corrected chi connectivity index (χ1v) is 10.9. The third-order valence-corrected chi connectivity index (χ3v) is 5.68. The van der Waals surface area contributed by atoms with Crippen LogP contribution in [-0.4, -0.2) is 58.7 Å². The number of anilines is 2. The number of benzene rings is 1. The molecule has 4 N–H and O–H groups in total. The Morgan fingerprint density at radius 1 is 1.18 bits per heavy atom. The molecule has 1 amide bonds. The summed E-state index contributed by atoms with van der Waals surface area (Å²) in [6.45, 7) is 3.41. The molecule has 0 unspecified atom stereocenters. The van der Waals surface area contributed by atoms with Crippen LogP contribution in [0.1, 0.15) is 15.9 Å². The fraction of sp³-hybridized carbons (Fsp3) is 0.250. The molecule has 0 spiro atoms. The fourth-order valence-electron chi connectivity index (χ4n) is 3.97. The molecule has 0 bridgehead atoms. The van der Waals surface area contributed by atoms with Gasteiger partial charge in [0, 0.05) is 66.3 Å². The lowest BCUT2D eigenvalue weighted by atomic mass is 10.0. The van der Waals surface area contributed by atoms with Gasteiger partial charge < -0.3 is 25.7 Å². The molecule has 1 aromatic carbocycles. The predicted molar refractivity (Wildman–Crippen MR) is 127 cm³/mol. The molecule has 1 saturated heterocycles. The summed E-state index contributed by atoms with van der Waals surface area (Å²) in [6, 6.07) is 11.4. The topological polar surface area (TPSA) is 122 Å². The second-order valence-electron chi connectivity index (χ2n) is 7.90. The lowest BCUT2D eigenvalue weighted by Crippen LogP contribution is -2.37. The molecule has 0 atom stereocenters. The number of carbonyl (C=O) groups excluding carboxylic acids is 1. The molecule has 9 heteroatoms. The van der Waals surface area contributed by atoms with Crippen molar-refractivity contribution in [3.05, 3.63) is 66.1 Å². The lowest BCUT2D eigenvalue weighted by molar-refractivity contribution is 0.100. The highest BCUT2D eigenvalue weighted by molar-refractivity contribution is 6.03. The third kappa shape index (κ3) is 4.63. The van der Waals surface area contributed by atoms with Crippen LogP contribution in [0.3, 0.4) is 0 Å². The van der Waals surface area contributed by atoms with E-state index in [1.165, 1.54) is 0 Å². The summed E-state index contributed by atoms with van der Waals surface area (Å²) < 4.78 is 5.50. The zero-order valence-electron chi connectivity index (χ0n) is 18.1. The van der Waals surface area contributed by atoms with E-state index >= 15 is 0 Å². The maximum Gasteiger partial charge on any atom is 0.248 e.